The van der Waals surface area contributed by atoms with Gasteiger partial charge in [-0.2, -0.15) is 0 Å². The highest BCUT2D eigenvalue weighted by Gasteiger charge is 2.09. The first-order chi connectivity index (χ1) is 14.0. The van der Waals surface area contributed by atoms with Gasteiger partial charge in [-0.3, -0.25) is 9.59 Å². The van der Waals surface area contributed by atoms with Crippen LogP contribution in [0.1, 0.15) is 5.69 Å². The summed E-state index contributed by atoms with van der Waals surface area (Å²) in [6.07, 6.45) is 0. The molecule has 0 spiro atoms. The van der Waals surface area contributed by atoms with Gasteiger partial charge in [-0.05, 0) is 30.3 Å². The van der Waals surface area contributed by atoms with Gasteiger partial charge in [0.2, 0.25) is 5.91 Å². The maximum Gasteiger partial charge on any atom is 0.251 e. The number of hydrogen-bond acceptors (Lipinski definition) is 6. The largest absolute Gasteiger partial charge is 0.495 e. The molecule has 0 aliphatic heterocycles. The van der Waals surface area contributed by atoms with Crippen LogP contribution in [-0.2, 0) is 10.5 Å². The molecular weight excluding hydrogens is 430 g/mol. The lowest BCUT2D eigenvalue weighted by atomic mass is 10.3. The fourth-order valence-corrected chi connectivity index (χ4v) is 4.14. The average molecular weight is 448 g/mol. The summed E-state index contributed by atoms with van der Waals surface area (Å²) in [5.74, 6) is 0.967. The Bertz CT molecular complexity index is 1040. The highest BCUT2D eigenvalue weighted by molar-refractivity contribution is 7.99. The van der Waals surface area contributed by atoms with E-state index in [0.29, 0.717) is 33.1 Å². The van der Waals surface area contributed by atoms with Crippen LogP contribution in [0.25, 0.3) is 0 Å². The predicted octanol–water partition coefficient (Wildman–Crippen LogP) is 4.46. The van der Waals surface area contributed by atoms with Gasteiger partial charge in [0, 0.05) is 22.4 Å². The lowest BCUT2D eigenvalue weighted by molar-refractivity contribution is -0.113. The molecule has 1 amide bonds. The number of halogens is 1. The number of hydrogen-bond donors (Lipinski definition) is 2. The number of benzene rings is 2. The number of nitrogens with zero attached hydrogens (tertiary/aromatic N) is 1. The van der Waals surface area contributed by atoms with E-state index in [1.807, 2.05) is 30.3 Å². The molecule has 1 aromatic heterocycles. The first-order valence-corrected chi connectivity index (χ1v) is 10.9. The summed E-state index contributed by atoms with van der Waals surface area (Å²) < 4.78 is 5.09. The molecule has 6 nitrogen and oxygen atoms in total. The number of aromatic amines is 1. The third kappa shape index (κ3) is 6.56. The Morgan fingerprint density at radius 2 is 1.97 bits per heavy atom. The zero-order chi connectivity index (χ0) is 20.6. The van der Waals surface area contributed by atoms with Gasteiger partial charge >= 0.3 is 0 Å². The van der Waals surface area contributed by atoms with Gasteiger partial charge in [-0.25, -0.2) is 4.98 Å². The van der Waals surface area contributed by atoms with Crippen molar-refractivity contribution in [3.05, 3.63) is 75.7 Å². The van der Waals surface area contributed by atoms with Crippen LogP contribution in [0, 0.1) is 0 Å². The second-order valence-corrected chi connectivity index (χ2v) is 8.25. The number of carbonyl (C=O) groups excluding carboxylic acids is 1. The first kappa shape index (κ1) is 21.3. The molecule has 2 aromatic carbocycles. The number of methoxy groups -OCH3 is 1. The number of ether oxygens (including phenoxy) is 1. The van der Waals surface area contributed by atoms with Crippen molar-refractivity contribution in [2.45, 2.75) is 15.8 Å². The Morgan fingerprint density at radius 1 is 1.17 bits per heavy atom. The van der Waals surface area contributed by atoms with Crippen molar-refractivity contribution in [3.63, 3.8) is 0 Å². The topological polar surface area (TPSA) is 84.1 Å². The van der Waals surface area contributed by atoms with Crippen molar-refractivity contribution in [2.75, 3.05) is 18.2 Å². The van der Waals surface area contributed by atoms with Gasteiger partial charge in [0.15, 0.2) is 5.16 Å². The Kier molecular flexibility index (Phi) is 7.62. The van der Waals surface area contributed by atoms with Crippen LogP contribution in [0.3, 0.4) is 0 Å². The number of rotatable bonds is 8. The number of carbonyl (C=O) groups is 1. The molecule has 0 radical (unpaired) electrons. The van der Waals surface area contributed by atoms with Crippen LogP contribution >= 0.6 is 35.1 Å². The molecule has 0 saturated carbocycles. The van der Waals surface area contributed by atoms with Crippen LogP contribution in [-0.4, -0.2) is 28.7 Å². The van der Waals surface area contributed by atoms with Gasteiger partial charge in [-0.15, -0.1) is 11.8 Å². The molecule has 0 aliphatic carbocycles. The summed E-state index contributed by atoms with van der Waals surface area (Å²) in [4.78, 5) is 32.3. The maximum atomic E-state index is 12.2. The molecule has 0 atom stereocenters. The molecule has 2 N–H and O–H groups in total. The van der Waals surface area contributed by atoms with Crippen molar-refractivity contribution in [1.29, 1.82) is 0 Å². The Balaban J connectivity index is 1.57. The molecule has 0 saturated heterocycles. The van der Waals surface area contributed by atoms with Gasteiger partial charge in [0.1, 0.15) is 5.75 Å². The number of aromatic nitrogens is 2. The lowest BCUT2D eigenvalue weighted by Crippen LogP contribution is -2.15. The normalized spacial score (nSPS) is 10.6. The van der Waals surface area contributed by atoms with Crippen molar-refractivity contribution >= 4 is 46.7 Å². The van der Waals surface area contributed by atoms with Gasteiger partial charge in [-0.1, -0.05) is 41.6 Å². The van der Waals surface area contributed by atoms with E-state index in [1.165, 1.54) is 13.2 Å². The number of nitrogens with one attached hydrogen (secondary N) is 2. The molecule has 0 unspecified atom stereocenters. The van der Waals surface area contributed by atoms with Crippen molar-refractivity contribution in [3.8, 4) is 5.75 Å². The summed E-state index contributed by atoms with van der Waals surface area (Å²) in [7, 11) is 1.52. The monoisotopic (exact) mass is 447 g/mol. The molecule has 3 aromatic rings. The molecular formula is C20H18ClN3O3S2. The second kappa shape index (κ2) is 10.4. The van der Waals surface area contributed by atoms with Crippen molar-refractivity contribution in [1.82, 2.24) is 9.97 Å². The van der Waals surface area contributed by atoms with Gasteiger partial charge < -0.3 is 15.0 Å². The fraction of sp³-hybridized carbons (Fsp3) is 0.150. The maximum absolute atomic E-state index is 12.2. The number of thioether (sulfide) groups is 2. The highest BCUT2D eigenvalue weighted by Crippen LogP contribution is 2.27. The second-order valence-electron chi connectivity index (χ2n) is 5.83. The third-order valence-corrected chi connectivity index (χ3v) is 5.89. The van der Waals surface area contributed by atoms with E-state index in [9.17, 15) is 9.59 Å². The molecule has 0 fully saturated rings. The number of H-pyrrole nitrogens is 1. The van der Waals surface area contributed by atoms with Crippen LogP contribution in [0.15, 0.2) is 69.4 Å². The summed E-state index contributed by atoms with van der Waals surface area (Å²) in [6.45, 7) is 0. The van der Waals surface area contributed by atoms with Crippen molar-refractivity contribution < 1.29 is 9.53 Å². The zero-order valence-electron chi connectivity index (χ0n) is 15.5. The first-order valence-electron chi connectivity index (χ1n) is 8.58. The predicted molar refractivity (Wildman–Crippen MR) is 118 cm³/mol. The number of anilines is 1. The molecule has 0 aliphatic rings. The van der Waals surface area contributed by atoms with Crippen molar-refractivity contribution in [2.24, 2.45) is 0 Å². The smallest absolute Gasteiger partial charge is 0.251 e. The summed E-state index contributed by atoms with van der Waals surface area (Å²) >= 11 is 8.82. The molecule has 3 rings (SSSR count). The molecule has 150 valence electrons. The standard InChI is InChI=1S/C20H18ClN3O3S2/c1-27-17-8-7-13(9-16(17)21)22-19(26)12-29-20-23-14(10-18(25)24-20)11-28-15-5-3-2-4-6-15/h2-10H,11-12H2,1H3,(H,22,26)(H,23,24,25). The van der Waals surface area contributed by atoms with Crippen LogP contribution < -0.4 is 15.6 Å². The Morgan fingerprint density at radius 3 is 2.69 bits per heavy atom. The fourth-order valence-electron chi connectivity index (χ4n) is 2.37. The van der Waals surface area contributed by atoms with E-state index in [0.717, 1.165) is 16.7 Å². The quantitative estimate of drug-likeness (QED) is 0.392. The molecule has 1 heterocycles. The van der Waals surface area contributed by atoms with Crippen LogP contribution in [0.5, 0.6) is 5.75 Å². The third-order valence-electron chi connectivity index (χ3n) is 3.68. The minimum Gasteiger partial charge on any atom is -0.495 e. The summed E-state index contributed by atoms with van der Waals surface area (Å²) in [5.41, 5.74) is 0.983. The zero-order valence-corrected chi connectivity index (χ0v) is 17.9. The Labute approximate surface area is 181 Å². The van der Waals surface area contributed by atoms with E-state index < -0.39 is 0 Å². The number of amides is 1. The minimum absolute atomic E-state index is 0.0991. The molecule has 29 heavy (non-hydrogen) atoms. The van der Waals surface area contributed by atoms with Crippen LogP contribution in [0.2, 0.25) is 5.02 Å². The van der Waals surface area contributed by atoms with E-state index in [2.05, 4.69) is 15.3 Å². The highest BCUT2D eigenvalue weighted by atomic mass is 35.5. The summed E-state index contributed by atoms with van der Waals surface area (Å²) in [5, 5.41) is 3.57. The summed E-state index contributed by atoms with van der Waals surface area (Å²) in [6, 6.07) is 16.4. The van der Waals surface area contributed by atoms with E-state index >= 15 is 0 Å². The minimum atomic E-state index is -0.242. The molecule has 9 heteroatoms. The lowest BCUT2D eigenvalue weighted by Gasteiger charge is -2.08. The van der Waals surface area contributed by atoms with Gasteiger partial charge in [0.25, 0.3) is 5.56 Å². The van der Waals surface area contributed by atoms with E-state index in [1.54, 1.807) is 30.0 Å². The average Bonchev–Trinajstić information content (AvgIpc) is 2.71. The van der Waals surface area contributed by atoms with Crippen LogP contribution in [0.4, 0.5) is 5.69 Å². The van der Waals surface area contributed by atoms with Gasteiger partial charge in [0.05, 0.1) is 23.6 Å². The Hall–Kier alpha value is -2.42. The SMILES string of the molecule is COc1ccc(NC(=O)CSc2nc(CSc3ccccc3)cc(=O)[nH]2)cc1Cl. The van der Waals surface area contributed by atoms with E-state index in [-0.39, 0.29) is 17.2 Å². The molecule has 0 bridgehead atoms. The van der Waals surface area contributed by atoms with E-state index in [4.69, 9.17) is 16.3 Å².